The number of nitrogens with zero attached hydrogens (tertiary/aromatic N) is 3. The molecule has 0 amide bonds. The Balaban J connectivity index is 1.52. The summed E-state index contributed by atoms with van der Waals surface area (Å²) in [5.74, 6) is 0.217. The van der Waals surface area contributed by atoms with Gasteiger partial charge < -0.3 is 10.1 Å². The molecule has 5 heteroatoms. The highest BCUT2D eigenvalue weighted by atomic mass is 16.3. The summed E-state index contributed by atoms with van der Waals surface area (Å²) in [6.45, 7) is 27.1. The predicted molar refractivity (Wildman–Crippen MR) is 221 cm³/mol. The van der Waals surface area contributed by atoms with Crippen LogP contribution in [-0.2, 0) is 21.7 Å². The van der Waals surface area contributed by atoms with Crippen molar-refractivity contribution in [1.29, 1.82) is 0 Å². The molecule has 272 valence electrons. The summed E-state index contributed by atoms with van der Waals surface area (Å²) >= 11 is 0. The number of hydrogen-bond donors (Lipinski definition) is 2. The van der Waals surface area contributed by atoms with Crippen LogP contribution in [0, 0.1) is 6.33 Å². The second kappa shape index (κ2) is 12.5. The molecule has 0 fully saturated rings. The normalized spacial score (nSPS) is 13.0. The van der Waals surface area contributed by atoms with Crippen LogP contribution in [0.3, 0.4) is 0 Å². The Morgan fingerprint density at radius 1 is 0.642 bits per heavy atom. The van der Waals surface area contributed by atoms with Gasteiger partial charge in [0.2, 0.25) is 0 Å². The Labute approximate surface area is 315 Å². The first-order valence-corrected chi connectivity index (χ1v) is 18.8. The fourth-order valence-corrected chi connectivity index (χ4v) is 7.11. The molecule has 0 saturated heterocycles. The molecule has 7 aromatic rings. The van der Waals surface area contributed by atoms with Crippen molar-refractivity contribution in [3.63, 3.8) is 0 Å². The van der Waals surface area contributed by atoms with Crippen molar-refractivity contribution in [2.24, 2.45) is 0 Å². The average Bonchev–Trinajstić information content (AvgIpc) is 3.66. The SMILES string of the molecule is CC(C)(C)c1cc(-c2[nH]c3ccncc3c2-c2cc(C(C)(C)C)cc(C(C)(C)C)c2)cc(-n2[c-][n+](-c3cc(C(C)(C)C)ccc3O)c3ccccc32)c1. The first-order chi connectivity index (χ1) is 24.7. The van der Waals surface area contributed by atoms with Gasteiger partial charge in [-0.15, -0.1) is 0 Å². The van der Waals surface area contributed by atoms with Crippen molar-refractivity contribution in [3.8, 4) is 39.5 Å². The molecule has 0 spiro atoms. The predicted octanol–water partition coefficient (Wildman–Crippen LogP) is 11.8. The fraction of sp³-hybridized carbons (Fsp3) is 0.333. The number of aromatic nitrogens is 4. The number of benzene rings is 4. The Hall–Kier alpha value is -5.16. The number of phenolic OH excluding ortho intramolecular Hbond substituents is 1. The minimum Gasteiger partial charge on any atom is -0.511 e. The van der Waals surface area contributed by atoms with Crippen molar-refractivity contribution in [3.05, 3.63) is 126 Å². The van der Waals surface area contributed by atoms with Crippen LogP contribution in [0.5, 0.6) is 5.75 Å². The third-order valence-corrected chi connectivity index (χ3v) is 10.5. The Bertz CT molecular complexity index is 2470. The molecule has 0 aliphatic rings. The summed E-state index contributed by atoms with van der Waals surface area (Å²) in [5, 5.41) is 12.3. The van der Waals surface area contributed by atoms with E-state index in [4.69, 9.17) is 0 Å². The zero-order valence-corrected chi connectivity index (χ0v) is 33.5. The summed E-state index contributed by atoms with van der Waals surface area (Å²) in [4.78, 5) is 8.46. The lowest BCUT2D eigenvalue weighted by Crippen LogP contribution is -2.30. The zero-order valence-electron chi connectivity index (χ0n) is 33.5. The average molecular weight is 703 g/mol. The minimum absolute atomic E-state index is 0.0264. The van der Waals surface area contributed by atoms with E-state index in [0.29, 0.717) is 5.69 Å². The number of aromatic amines is 1. The maximum atomic E-state index is 11.2. The first kappa shape index (κ1) is 36.2. The molecule has 2 N–H and O–H groups in total. The number of fused-ring (bicyclic) bond motifs is 2. The summed E-state index contributed by atoms with van der Waals surface area (Å²) in [6, 6.07) is 30.3. The van der Waals surface area contributed by atoms with E-state index in [0.717, 1.165) is 50.0 Å². The van der Waals surface area contributed by atoms with Gasteiger partial charge in [-0.3, -0.25) is 14.1 Å². The molecule has 0 radical (unpaired) electrons. The molecule has 0 unspecified atom stereocenters. The van der Waals surface area contributed by atoms with Crippen LogP contribution in [0.2, 0.25) is 0 Å². The Morgan fingerprint density at radius 3 is 1.89 bits per heavy atom. The molecular formula is C48H54N4O. The lowest BCUT2D eigenvalue weighted by molar-refractivity contribution is -0.573. The van der Waals surface area contributed by atoms with Gasteiger partial charge in [0, 0.05) is 28.9 Å². The number of H-pyrrole nitrogens is 1. The maximum absolute atomic E-state index is 11.2. The topological polar surface area (TPSA) is 57.7 Å². The van der Waals surface area contributed by atoms with Gasteiger partial charge in [0.1, 0.15) is 11.4 Å². The molecule has 7 rings (SSSR count). The number of imidazole rings is 1. The van der Waals surface area contributed by atoms with Gasteiger partial charge in [-0.2, -0.15) is 0 Å². The van der Waals surface area contributed by atoms with Gasteiger partial charge in [-0.25, -0.2) is 0 Å². The van der Waals surface area contributed by atoms with Crippen molar-refractivity contribution in [2.75, 3.05) is 0 Å². The molecule has 0 aliphatic carbocycles. The zero-order chi connectivity index (χ0) is 38.2. The molecule has 0 bridgehead atoms. The van der Waals surface area contributed by atoms with Crippen molar-refractivity contribution in [1.82, 2.24) is 14.5 Å². The third kappa shape index (κ3) is 6.78. The highest BCUT2D eigenvalue weighted by Crippen LogP contribution is 2.43. The van der Waals surface area contributed by atoms with E-state index >= 15 is 0 Å². The maximum Gasteiger partial charge on any atom is 0.269 e. The van der Waals surface area contributed by atoms with Gasteiger partial charge in [0.25, 0.3) is 6.33 Å². The van der Waals surface area contributed by atoms with E-state index in [9.17, 15) is 5.11 Å². The van der Waals surface area contributed by atoms with E-state index in [-0.39, 0.29) is 27.4 Å². The number of para-hydroxylation sites is 2. The van der Waals surface area contributed by atoms with Gasteiger partial charge in [-0.1, -0.05) is 138 Å². The van der Waals surface area contributed by atoms with Crippen LogP contribution in [0.4, 0.5) is 0 Å². The third-order valence-electron chi connectivity index (χ3n) is 10.5. The van der Waals surface area contributed by atoms with E-state index in [1.807, 2.05) is 29.1 Å². The van der Waals surface area contributed by atoms with Crippen LogP contribution in [0.25, 0.3) is 55.7 Å². The first-order valence-electron chi connectivity index (χ1n) is 18.8. The van der Waals surface area contributed by atoms with Gasteiger partial charge in [-0.05, 0) is 85.4 Å². The number of hydrogen-bond acceptors (Lipinski definition) is 2. The largest absolute Gasteiger partial charge is 0.511 e. The summed E-state index contributed by atoms with van der Waals surface area (Å²) in [6.07, 6.45) is 7.53. The molecule has 0 aliphatic heterocycles. The van der Waals surface area contributed by atoms with Crippen molar-refractivity contribution in [2.45, 2.75) is 105 Å². The van der Waals surface area contributed by atoms with Gasteiger partial charge in [0.15, 0.2) is 0 Å². The van der Waals surface area contributed by atoms with Crippen LogP contribution < -0.4 is 4.57 Å². The molecule has 3 heterocycles. The van der Waals surface area contributed by atoms with Crippen LogP contribution in [-0.4, -0.2) is 19.6 Å². The minimum atomic E-state index is -0.137. The second-order valence-corrected chi connectivity index (χ2v) is 18.8. The van der Waals surface area contributed by atoms with E-state index in [2.05, 4.69) is 171 Å². The molecule has 0 atom stereocenters. The highest BCUT2D eigenvalue weighted by molar-refractivity contribution is 6.04. The number of phenols is 1. The highest BCUT2D eigenvalue weighted by Gasteiger charge is 2.26. The molecule has 3 aromatic heterocycles. The van der Waals surface area contributed by atoms with Gasteiger partial charge >= 0.3 is 0 Å². The van der Waals surface area contributed by atoms with Gasteiger partial charge in [0.05, 0.1) is 22.4 Å². The number of pyridine rings is 1. The monoisotopic (exact) mass is 702 g/mol. The second-order valence-electron chi connectivity index (χ2n) is 18.8. The Morgan fingerprint density at radius 2 is 1.25 bits per heavy atom. The lowest BCUT2D eigenvalue weighted by atomic mass is 9.78. The summed E-state index contributed by atoms with van der Waals surface area (Å²) < 4.78 is 4.13. The number of rotatable bonds is 4. The molecular weight excluding hydrogens is 649 g/mol. The molecule has 53 heavy (non-hydrogen) atoms. The standard InChI is InChI=1S/C48H54N4O/c1-45(2,3)32-17-18-42(53)41(27-32)52-29-51(39-15-13-14-16-40(39)52)36-24-31(23-35(26-36)48(10,11)12)44-43(37-28-49-20-19-38(37)50-44)30-21-33(46(4,5)6)25-34(22-30)47(7,8)9/h13-28,50,53H,1-12H3. The van der Waals surface area contributed by atoms with Crippen LogP contribution in [0.15, 0.2) is 97.3 Å². The van der Waals surface area contributed by atoms with Crippen LogP contribution in [0.1, 0.15) is 105 Å². The van der Waals surface area contributed by atoms with Crippen molar-refractivity contribution >= 4 is 21.9 Å². The van der Waals surface area contributed by atoms with E-state index in [1.165, 1.54) is 22.3 Å². The molecule has 5 nitrogen and oxygen atoms in total. The van der Waals surface area contributed by atoms with E-state index in [1.54, 1.807) is 6.07 Å². The summed E-state index contributed by atoms with van der Waals surface area (Å²) in [7, 11) is 0. The van der Waals surface area contributed by atoms with Crippen LogP contribution >= 0.6 is 0 Å². The lowest BCUT2D eigenvalue weighted by Gasteiger charge is -2.26. The van der Waals surface area contributed by atoms with Crippen molar-refractivity contribution < 1.29 is 9.67 Å². The molecule has 4 aromatic carbocycles. The Kier molecular flexibility index (Phi) is 8.52. The fourth-order valence-electron chi connectivity index (χ4n) is 7.11. The summed E-state index contributed by atoms with van der Waals surface area (Å²) in [5.41, 5.74) is 13.9. The molecule has 0 saturated carbocycles. The van der Waals surface area contributed by atoms with E-state index < -0.39 is 0 Å². The number of nitrogens with one attached hydrogen (secondary N) is 1. The number of aromatic hydroxyl groups is 1. The quantitative estimate of drug-likeness (QED) is 0.142. The smallest absolute Gasteiger partial charge is 0.269 e.